The molecule has 0 fully saturated rings. The summed E-state index contributed by atoms with van der Waals surface area (Å²) in [6.07, 6.45) is 1.41. The van der Waals surface area contributed by atoms with Crippen molar-refractivity contribution in [2.75, 3.05) is 25.6 Å². The van der Waals surface area contributed by atoms with Gasteiger partial charge in [-0.3, -0.25) is 0 Å². The van der Waals surface area contributed by atoms with Crippen molar-refractivity contribution in [2.24, 2.45) is 0 Å². The van der Waals surface area contributed by atoms with E-state index in [1.807, 2.05) is 0 Å². The summed E-state index contributed by atoms with van der Waals surface area (Å²) in [5, 5.41) is 23.3. The lowest BCUT2D eigenvalue weighted by atomic mass is 10.3. The van der Waals surface area contributed by atoms with Crippen LogP contribution in [0.15, 0.2) is 21.4 Å². The number of anilines is 1. The van der Waals surface area contributed by atoms with Crippen molar-refractivity contribution < 1.29 is 13.8 Å². The Labute approximate surface area is 119 Å². The molecule has 0 atom stereocenters. The zero-order chi connectivity index (χ0) is 14.4. The third-order valence-corrected chi connectivity index (χ3v) is 2.56. The van der Waals surface area contributed by atoms with Gasteiger partial charge in [0.25, 0.3) is 0 Å². The molecule has 2 N–H and O–H groups in total. The van der Waals surface area contributed by atoms with Gasteiger partial charge >= 0.3 is 0 Å². The van der Waals surface area contributed by atoms with Gasteiger partial charge in [-0.2, -0.15) is 0 Å². The Morgan fingerprint density at radius 1 is 1.50 bits per heavy atom. The van der Waals surface area contributed by atoms with Crippen LogP contribution in [0.5, 0.6) is 0 Å². The molecule has 9 heteroatoms. The number of furan rings is 1. The van der Waals surface area contributed by atoms with Crippen LogP contribution in [0.1, 0.15) is 11.5 Å². The summed E-state index contributed by atoms with van der Waals surface area (Å²) in [5.74, 6) is 0.718. The lowest BCUT2D eigenvalue weighted by molar-refractivity contribution is 0.210. The number of methoxy groups -OCH3 is 1. The molecule has 0 aromatic carbocycles. The molecule has 0 aliphatic carbocycles. The zero-order valence-electron chi connectivity index (χ0n) is 10.7. The van der Waals surface area contributed by atoms with E-state index in [9.17, 15) is 5.41 Å². The molecule has 2 aromatic rings. The van der Waals surface area contributed by atoms with Crippen molar-refractivity contribution in [2.45, 2.75) is 6.54 Å². The van der Waals surface area contributed by atoms with E-state index >= 15 is 0 Å². The highest BCUT2D eigenvalue weighted by molar-refractivity contribution is 6.30. The fraction of sp³-hybridized carbons (Fsp3) is 0.364. The van der Waals surface area contributed by atoms with Crippen molar-refractivity contribution in [3.8, 4) is 0 Å². The molecular formula is C11H13ClN5O3-. The zero-order valence-corrected chi connectivity index (χ0v) is 11.5. The Bertz CT molecular complexity index is 568. The molecule has 108 valence electrons. The maximum atomic E-state index is 9.91. The molecule has 2 rings (SSSR count). The SMILES string of the molecule is COCCNc1nonc1C(=[N-])NCc1cc(Cl)co1. The minimum atomic E-state index is -0.182. The van der Waals surface area contributed by atoms with E-state index < -0.39 is 0 Å². The van der Waals surface area contributed by atoms with Gasteiger partial charge in [-0.05, 0) is 22.2 Å². The first-order chi connectivity index (χ1) is 9.70. The minimum Gasteiger partial charge on any atom is -0.473 e. The smallest absolute Gasteiger partial charge is 0.198 e. The predicted octanol–water partition coefficient (Wildman–Crippen LogP) is 1.48. The number of hydrogen-bond acceptors (Lipinski definition) is 6. The highest BCUT2D eigenvalue weighted by atomic mass is 35.5. The van der Waals surface area contributed by atoms with Crippen LogP contribution in [-0.4, -0.2) is 36.4 Å². The molecule has 0 unspecified atom stereocenters. The van der Waals surface area contributed by atoms with Crippen LogP contribution in [0.4, 0.5) is 5.82 Å². The van der Waals surface area contributed by atoms with Gasteiger partial charge in [-0.1, -0.05) is 11.6 Å². The van der Waals surface area contributed by atoms with Crippen LogP contribution in [0.3, 0.4) is 0 Å². The second-order valence-electron chi connectivity index (χ2n) is 3.81. The molecule has 0 amide bonds. The Balaban J connectivity index is 1.90. The lowest BCUT2D eigenvalue weighted by Crippen LogP contribution is -2.24. The van der Waals surface area contributed by atoms with Crippen LogP contribution in [0, 0.1) is 0 Å². The Morgan fingerprint density at radius 3 is 3.05 bits per heavy atom. The maximum absolute atomic E-state index is 9.91. The largest absolute Gasteiger partial charge is 0.473 e. The molecule has 2 heterocycles. The second-order valence-corrected chi connectivity index (χ2v) is 4.25. The Hall–Kier alpha value is -2.06. The molecule has 2 aromatic heterocycles. The van der Waals surface area contributed by atoms with E-state index in [0.717, 1.165) is 0 Å². The lowest BCUT2D eigenvalue weighted by Gasteiger charge is -2.13. The molecule has 0 spiro atoms. The monoisotopic (exact) mass is 298 g/mol. The Kier molecular flexibility index (Phi) is 4.97. The van der Waals surface area contributed by atoms with Crippen LogP contribution in [0.2, 0.25) is 5.02 Å². The maximum Gasteiger partial charge on any atom is 0.198 e. The molecule has 8 nitrogen and oxygen atoms in total. The predicted molar refractivity (Wildman–Crippen MR) is 72.7 cm³/mol. The van der Waals surface area contributed by atoms with Gasteiger partial charge < -0.3 is 25.2 Å². The first-order valence-electron chi connectivity index (χ1n) is 5.79. The summed E-state index contributed by atoms with van der Waals surface area (Å²) in [6, 6.07) is 1.64. The van der Waals surface area contributed by atoms with Gasteiger partial charge in [0.15, 0.2) is 5.82 Å². The molecule has 0 bridgehead atoms. The third kappa shape index (κ3) is 3.72. The van der Waals surface area contributed by atoms with Crippen LogP contribution < -0.4 is 10.6 Å². The van der Waals surface area contributed by atoms with Crippen LogP contribution >= 0.6 is 11.6 Å². The van der Waals surface area contributed by atoms with E-state index in [1.54, 1.807) is 13.2 Å². The minimum absolute atomic E-state index is 0.179. The number of aromatic nitrogens is 2. The first kappa shape index (κ1) is 14.4. The van der Waals surface area contributed by atoms with Crippen molar-refractivity contribution in [1.82, 2.24) is 15.6 Å². The van der Waals surface area contributed by atoms with Crippen LogP contribution in [0.25, 0.3) is 5.41 Å². The summed E-state index contributed by atoms with van der Waals surface area (Å²) in [7, 11) is 1.59. The average molecular weight is 299 g/mol. The summed E-state index contributed by atoms with van der Waals surface area (Å²) in [4.78, 5) is 0. The van der Waals surface area contributed by atoms with Crippen molar-refractivity contribution >= 4 is 23.3 Å². The number of rotatable bonds is 7. The number of amidine groups is 1. The fourth-order valence-corrected chi connectivity index (χ4v) is 1.60. The van der Waals surface area contributed by atoms with Gasteiger partial charge in [0, 0.05) is 20.2 Å². The van der Waals surface area contributed by atoms with Gasteiger partial charge in [-0.25, -0.2) is 4.63 Å². The summed E-state index contributed by atoms with van der Waals surface area (Å²) in [6.45, 7) is 1.26. The number of nitrogens with zero attached hydrogens (tertiary/aromatic N) is 3. The number of halogens is 1. The number of hydrogen-bond donors (Lipinski definition) is 2. The highest BCUT2D eigenvalue weighted by Gasteiger charge is 2.10. The second kappa shape index (κ2) is 6.92. The van der Waals surface area contributed by atoms with E-state index in [1.165, 1.54) is 6.26 Å². The molecule has 0 radical (unpaired) electrons. The van der Waals surface area contributed by atoms with E-state index in [0.29, 0.717) is 29.8 Å². The van der Waals surface area contributed by atoms with E-state index in [2.05, 4.69) is 25.6 Å². The van der Waals surface area contributed by atoms with Gasteiger partial charge in [0.2, 0.25) is 0 Å². The first-order valence-corrected chi connectivity index (χ1v) is 6.17. The molecule has 20 heavy (non-hydrogen) atoms. The molecule has 0 aliphatic rings. The third-order valence-electron chi connectivity index (χ3n) is 2.36. The molecule has 0 aliphatic heterocycles. The van der Waals surface area contributed by atoms with Gasteiger partial charge in [-0.15, -0.1) is 0 Å². The molecule has 0 saturated heterocycles. The summed E-state index contributed by atoms with van der Waals surface area (Å²) < 4.78 is 14.6. The highest BCUT2D eigenvalue weighted by Crippen LogP contribution is 2.13. The van der Waals surface area contributed by atoms with Crippen molar-refractivity contribution in [3.05, 3.63) is 34.2 Å². The quantitative estimate of drug-likeness (QED) is 0.453. The van der Waals surface area contributed by atoms with Gasteiger partial charge in [0.05, 0.1) is 11.6 Å². The summed E-state index contributed by atoms with van der Waals surface area (Å²) >= 11 is 5.72. The topological polar surface area (TPSA) is 108 Å². The average Bonchev–Trinajstić information content (AvgIpc) is 3.05. The fourth-order valence-electron chi connectivity index (χ4n) is 1.43. The standard InChI is InChI=1S/C11H13ClN5O3/c1-18-3-2-14-11-9(16-20-17-11)10(13)15-5-8-4-7(12)6-19-8/h4,6H,2-3,5H2,1H3,(H2-,13,14,15,17)/q-1. The number of ether oxygens (including phenoxy) is 1. The van der Waals surface area contributed by atoms with Crippen molar-refractivity contribution in [1.29, 1.82) is 0 Å². The van der Waals surface area contributed by atoms with E-state index in [-0.39, 0.29) is 18.1 Å². The molecular weight excluding hydrogens is 286 g/mol. The van der Waals surface area contributed by atoms with Gasteiger partial charge in [0.1, 0.15) is 17.7 Å². The number of nitrogens with one attached hydrogen (secondary N) is 2. The van der Waals surface area contributed by atoms with Crippen molar-refractivity contribution in [3.63, 3.8) is 0 Å². The summed E-state index contributed by atoms with van der Waals surface area (Å²) in [5.41, 5.74) is 0.179. The molecule has 0 saturated carbocycles. The van der Waals surface area contributed by atoms with Crippen LogP contribution in [-0.2, 0) is 11.3 Å². The van der Waals surface area contributed by atoms with E-state index in [4.69, 9.17) is 20.8 Å². The Morgan fingerprint density at radius 2 is 2.35 bits per heavy atom. The normalized spacial score (nSPS) is 10.5.